The molecule has 0 heterocycles. The van der Waals surface area contributed by atoms with Crippen LogP contribution in [0, 0.1) is 5.92 Å². The SMILES string of the molecule is C=C.CC1CCCCC1=O. The summed E-state index contributed by atoms with van der Waals surface area (Å²) in [6.07, 6.45) is 4.34. The first kappa shape index (κ1) is 9.41. The van der Waals surface area contributed by atoms with E-state index < -0.39 is 0 Å². The maximum absolute atomic E-state index is 10.8. The number of carbonyl (C=O) groups excluding carboxylic acids is 1. The number of Topliss-reactive ketones (excluding diaryl/α,β-unsaturated/α-hetero) is 1. The van der Waals surface area contributed by atoms with Crippen molar-refractivity contribution in [2.75, 3.05) is 0 Å². The van der Waals surface area contributed by atoms with E-state index in [1.54, 1.807) is 0 Å². The summed E-state index contributed by atoms with van der Waals surface area (Å²) in [6.45, 7) is 8.03. The minimum absolute atomic E-state index is 0.365. The number of rotatable bonds is 0. The van der Waals surface area contributed by atoms with E-state index in [1.807, 2.05) is 6.92 Å². The summed E-state index contributed by atoms with van der Waals surface area (Å²) in [5, 5.41) is 0. The molecule has 0 spiro atoms. The molecule has 0 aromatic rings. The highest BCUT2D eigenvalue weighted by atomic mass is 16.1. The number of carbonyl (C=O) groups is 1. The fourth-order valence-corrected chi connectivity index (χ4v) is 1.16. The zero-order valence-electron chi connectivity index (χ0n) is 6.73. The fraction of sp³-hybridized carbons (Fsp3) is 0.667. The zero-order chi connectivity index (χ0) is 7.98. The summed E-state index contributed by atoms with van der Waals surface area (Å²) in [7, 11) is 0. The van der Waals surface area contributed by atoms with Crippen LogP contribution in [-0.4, -0.2) is 5.78 Å². The van der Waals surface area contributed by atoms with Crippen LogP contribution < -0.4 is 0 Å². The Hall–Kier alpha value is -0.590. The Balaban J connectivity index is 0.000000371. The minimum Gasteiger partial charge on any atom is -0.299 e. The van der Waals surface area contributed by atoms with Crippen molar-refractivity contribution in [2.45, 2.75) is 32.6 Å². The molecular weight excluding hydrogens is 124 g/mol. The van der Waals surface area contributed by atoms with Gasteiger partial charge in [-0.2, -0.15) is 0 Å². The van der Waals surface area contributed by atoms with E-state index in [0.717, 1.165) is 19.3 Å². The minimum atomic E-state index is 0.365. The third-order valence-electron chi connectivity index (χ3n) is 1.86. The third-order valence-corrected chi connectivity index (χ3v) is 1.86. The summed E-state index contributed by atoms with van der Waals surface area (Å²) in [5.41, 5.74) is 0. The first-order chi connectivity index (χ1) is 4.80. The highest BCUT2D eigenvalue weighted by Crippen LogP contribution is 2.18. The Morgan fingerprint density at radius 1 is 1.40 bits per heavy atom. The second-order valence-corrected chi connectivity index (χ2v) is 2.61. The second-order valence-electron chi connectivity index (χ2n) is 2.61. The Morgan fingerprint density at radius 2 is 2.00 bits per heavy atom. The van der Waals surface area contributed by atoms with Gasteiger partial charge in [-0.05, 0) is 12.8 Å². The molecule has 1 aliphatic carbocycles. The van der Waals surface area contributed by atoms with Crippen molar-refractivity contribution in [1.82, 2.24) is 0 Å². The number of hydrogen-bond acceptors (Lipinski definition) is 1. The molecule has 58 valence electrons. The maximum atomic E-state index is 10.8. The molecule has 1 rings (SSSR count). The van der Waals surface area contributed by atoms with Gasteiger partial charge < -0.3 is 0 Å². The van der Waals surface area contributed by atoms with E-state index in [4.69, 9.17) is 0 Å². The standard InChI is InChI=1S/C7H12O.C2H4/c1-6-4-2-3-5-7(6)8;1-2/h6H,2-5H2,1H3;1-2H2. The molecular formula is C9H16O. The van der Waals surface area contributed by atoms with Gasteiger partial charge in [0, 0.05) is 12.3 Å². The molecule has 1 saturated carbocycles. The first-order valence-electron chi connectivity index (χ1n) is 3.83. The predicted octanol–water partition coefficient (Wildman–Crippen LogP) is 2.57. The lowest BCUT2D eigenvalue weighted by Crippen LogP contribution is -2.14. The molecule has 0 aliphatic heterocycles. The van der Waals surface area contributed by atoms with Crippen molar-refractivity contribution >= 4 is 5.78 Å². The zero-order valence-corrected chi connectivity index (χ0v) is 6.73. The van der Waals surface area contributed by atoms with Crippen molar-refractivity contribution in [3.63, 3.8) is 0 Å². The van der Waals surface area contributed by atoms with Gasteiger partial charge in [0.2, 0.25) is 0 Å². The van der Waals surface area contributed by atoms with Gasteiger partial charge in [0.15, 0.2) is 0 Å². The van der Waals surface area contributed by atoms with Gasteiger partial charge in [0.25, 0.3) is 0 Å². The molecule has 0 saturated heterocycles. The van der Waals surface area contributed by atoms with Gasteiger partial charge in [0.05, 0.1) is 0 Å². The van der Waals surface area contributed by atoms with Crippen LogP contribution in [0.15, 0.2) is 13.2 Å². The van der Waals surface area contributed by atoms with Crippen molar-refractivity contribution in [2.24, 2.45) is 5.92 Å². The third kappa shape index (κ3) is 2.81. The fourth-order valence-electron chi connectivity index (χ4n) is 1.16. The lowest BCUT2D eigenvalue weighted by molar-refractivity contribution is -0.123. The second kappa shape index (κ2) is 5.21. The molecule has 1 heteroatoms. The molecule has 1 aliphatic rings. The van der Waals surface area contributed by atoms with E-state index >= 15 is 0 Å². The van der Waals surface area contributed by atoms with Crippen LogP contribution >= 0.6 is 0 Å². The largest absolute Gasteiger partial charge is 0.299 e. The quantitative estimate of drug-likeness (QED) is 0.473. The van der Waals surface area contributed by atoms with Crippen LogP contribution in [0.4, 0.5) is 0 Å². The maximum Gasteiger partial charge on any atom is 0.135 e. The van der Waals surface area contributed by atoms with Crippen LogP contribution in [-0.2, 0) is 4.79 Å². The summed E-state index contributed by atoms with van der Waals surface area (Å²) >= 11 is 0. The molecule has 0 aromatic heterocycles. The number of ketones is 1. The monoisotopic (exact) mass is 140 g/mol. The highest BCUT2D eigenvalue weighted by molar-refractivity contribution is 5.81. The van der Waals surface area contributed by atoms with Gasteiger partial charge in [-0.3, -0.25) is 4.79 Å². The lowest BCUT2D eigenvalue weighted by Gasteiger charge is -2.14. The Morgan fingerprint density at radius 3 is 2.30 bits per heavy atom. The van der Waals surface area contributed by atoms with E-state index in [1.165, 1.54) is 6.42 Å². The Kier molecular flexibility index (Phi) is 4.91. The average Bonchev–Trinajstić information content (AvgIpc) is 2.00. The van der Waals surface area contributed by atoms with E-state index in [2.05, 4.69) is 13.2 Å². The summed E-state index contributed by atoms with van der Waals surface area (Å²) in [5.74, 6) is 0.833. The predicted molar refractivity (Wildman–Crippen MR) is 43.9 cm³/mol. The van der Waals surface area contributed by atoms with Crippen molar-refractivity contribution < 1.29 is 4.79 Å². The normalized spacial score (nSPS) is 24.9. The molecule has 0 radical (unpaired) electrons. The van der Waals surface area contributed by atoms with Crippen LogP contribution in [0.2, 0.25) is 0 Å². The Bertz CT molecular complexity index is 107. The Labute approximate surface area is 63.1 Å². The van der Waals surface area contributed by atoms with Crippen molar-refractivity contribution in [1.29, 1.82) is 0 Å². The van der Waals surface area contributed by atoms with Gasteiger partial charge >= 0.3 is 0 Å². The van der Waals surface area contributed by atoms with Crippen molar-refractivity contribution in [3.05, 3.63) is 13.2 Å². The van der Waals surface area contributed by atoms with Gasteiger partial charge in [-0.25, -0.2) is 0 Å². The van der Waals surface area contributed by atoms with Gasteiger partial charge in [-0.15, -0.1) is 13.2 Å². The molecule has 1 fully saturated rings. The van der Waals surface area contributed by atoms with Gasteiger partial charge in [0.1, 0.15) is 5.78 Å². The molecule has 10 heavy (non-hydrogen) atoms. The van der Waals surface area contributed by atoms with Crippen LogP contribution in [0.3, 0.4) is 0 Å². The molecule has 1 unspecified atom stereocenters. The molecule has 0 N–H and O–H groups in total. The smallest absolute Gasteiger partial charge is 0.135 e. The van der Waals surface area contributed by atoms with Crippen LogP contribution in [0.5, 0.6) is 0 Å². The van der Waals surface area contributed by atoms with Crippen LogP contribution in [0.25, 0.3) is 0 Å². The number of hydrogen-bond donors (Lipinski definition) is 0. The molecule has 0 amide bonds. The molecule has 1 atom stereocenters. The van der Waals surface area contributed by atoms with E-state index in [9.17, 15) is 4.79 Å². The summed E-state index contributed by atoms with van der Waals surface area (Å²) in [4.78, 5) is 10.8. The highest BCUT2D eigenvalue weighted by Gasteiger charge is 2.16. The molecule has 0 aromatic carbocycles. The average molecular weight is 140 g/mol. The topological polar surface area (TPSA) is 17.1 Å². The summed E-state index contributed by atoms with van der Waals surface area (Å²) in [6, 6.07) is 0. The summed E-state index contributed by atoms with van der Waals surface area (Å²) < 4.78 is 0. The molecule has 1 nitrogen and oxygen atoms in total. The van der Waals surface area contributed by atoms with E-state index in [-0.39, 0.29) is 0 Å². The van der Waals surface area contributed by atoms with E-state index in [0.29, 0.717) is 11.7 Å². The molecule has 0 bridgehead atoms. The lowest BCUT2D eigenvalue weighted by atomic mass is 9.90. The van der Waals surface area contributed by atoms with Crippen molar-refractivity contribution in [3.8, 4) is 0 Å². The van der Waals surface area contributed by atoms with Crippen LogP contribution in [0.1, 0.15) is 32.6 Å². The van der Waals surface area contributed by atoms with Gasteiger partial charge in [-0.1, -0.05) is 13.3 Å². The first-order valence-corrected chi connectivity index (χ1v) is 3.83.